The van der Waals surface area contributed by atoms with Crippen molar-refractivity contribution in [2.24, 2.45) is 5.92 Å². The Kier molecular flexibility index (Phi) is 9.58. The number of benzene rings is 3. The number of anilines is 1. The lowest BCUT2D eigenvalue weighted by Crippen LogP contribution is -2.51. The normalized spacial score (nSPS) is 22.5. The lowest BCUT2D eigenvalue weighted by molar-refractivity contribution is -0.276. The first-order chi connectivity index (χ1) is 21.6. The number of nitrogens with zero attached hydrogens (tertiary/aromatic N) is 4. The van der Waals surface area contributed by atoms with Crippen LogP contribution in [0.15, 0.2) is 97.3 Å². The first-order valence-electron chi connectivity index (χ1n) is 15.2. The van der Waals surface area contributed by atoms with Gasteiger partial charge in [-0.25, -0.2) is 9.97 Å². The van der Waals surface area contributed by atoms with Crippen molar-refractivity contribution < 1.29 is 19.4 Å². The molecule has 0 unspecified atom stereocenters. The second-order valence-corrected chi connectivity index (χ2v) is 11.4. The molecule has 0 aliphatic carbocycles. The molecule has 228 valence electrons. The molecule has 9 nitrogen and oxygen atoms in total. The van der Waals surface area contributed by atoms with Crippen molar-refractivity contribution in [2.45, 2.75) is 38.6 Å². The average Bonchev–Trinajstić information content (AvgIpc) is 3.09. The summed E-state index contributed by atoms with van der Waals surface area (Å²) in [5.41, 5.74) is 4.51. The van der Waals surface area contributed by atoms with Gasteiger partial charge >= 0.3 is 0 Å². The Balaban J connectivity index is 1.14. The van der Waals surface area contributed by atoms with Crippen molar-refractivity contribution >= 4 is 11.9 Å². The number of hydrogen-bond donors (Lipinski definition) is 2. The van der Waals surface area contributed by atoms with Gasteiger partial charge in [-0.15, -0.1) is 0 Å². The van der Waals surface area contributed by atoms with Crippen LogP contribution in [0.2, 0.25) is 0 Å². The van der Waals surface area contributed by atoms with E-state index in [0.717, 1.165) is 60.9 Å². The minimum absolute atomic E-state index is 0.00781. The molecule has 3 heterocycles. The van der Waals surface area contributed by atoms with Crippen LogP contribution in [0.4, 0.5) is 5.95 Å². The van der Waals surface area contributed by atoms with Gasteiger partial charge in [-0.1, -0.05) is 73.7 Å². The standard InChI is InChI=1S/C35H39N5O4/c1-25-31(23-39-18-20-40(21-19-39)35-36-16-5-17-37-35)43-34(44-32(25)28-12-10-27(24-41)11-13-28)30-14-8-26(9-15-30)22-38-33(42)29-6-3-2-4-7-29/h2-17,25,31-32,34,41H,18-24H2,1H3,(H,38,42)/t25-,31+,32+,34+/m1/s1. The summed E-state index contributed by atoms with van der Waals surface area (Å²) < 4.78 is 13.3. The Labute approximate surface area is 258 Å². The van der Waals surface area contributed by atoms with Crippen LogP contribution in [-0.4, -0.2) is 64.7 Å². The van der Waals surface area contributed by atoms with Gasteiger partial charge in [-0.2, -0.15) is 0 Å². The molecule has 2 fully saturated rings. The van der Waals surface area contributed by atoms with Crippen molar-refractivity contribution in [3.05, 3.63) is 125 Å². The molecule has 3 aromatic carbocycles. The number of aliphatic hydroxyl groups excluding tert-OH is 1. The summed E-state index contributed by atoms with van der Waals surface area (Å²) >= 11 is 0. The van der Waals surface area contributed by atoms with Crippen LogP contribution in [0.25, 0.3) is 0 Å². The van der Waals surface area contributed by atoms with Gasteiger partial charge in [-0.3, -0.25) is 9.69 Å². The maximum absolute atomic E-state index is 12.5. The van der Waals surface area contributed by atoms with E-state index in [1.165, 1.54) is 0 Å². The molecule has 2 aliphatic rings. The van der Waals surface area contributed by atoms with E-state index in [4.69, 9.17) is 9.47 Å². The van der Waals surface area contributed by atoms with Crippen molar-refractivity contribution in [2.75, 3.05) is 37.6 Å². The summed E-state index contributed by atoms with van der Waals surface area (Å²) in [5.74, 6) is 0.782. The topological polar surface area (TPSA) is 100 Å². The molecule has 2 saturated heterocycles. The highest BCUT2D eigenvalue weighted by molar-refractivity contribution is 5.94. The molecule has 44 heavy (non-hydrogen) atoms. The van der Waals surface area contributed by atoms with Gasteiger partial charge in [-0.05, 0) is 34.9 Å². The predicted molar refractivity (Wildman–Crippen MR) is 168 cm³/mol. The smallest absolute Gasteiger partial charge is 0.251 e. The zero-order valence-corrected chi connectivity index (χ0v) is 25.0. The van der Waals surface area contributed by atoms with Gasteiger partial charge in [0.2, 0.25) is 5.95 Å². The van der Waals surface area contributed by atoms with E-state index in [1.807, 2.05) is 72.8 Å². The number of aliphatic hydroxyl groups is 1. The predicted octanol–water partition coefficient (Wildman–Crippen LogP) is 4.51. The molecule has 1 amide bonds. The van der Waals surface area contributed by atoms with Crippen LogP contribution < -0.4 is 10.2 Å². The highest BCUT2D eigenvalue weighted by atomic mass is 16.7. The van der Waals surface area contributed by atoms with Crippen molar-refractivity contribution in [3.8, 4) is 0 Å². The van der Waals surface area contributed by atoms with Crippen molar-refractivity contribution in [3.63, 3.8) is 0 Å². The summed E-state index contributed by atoms with van der Waals surface area (Å²) in [6.45, 7) is 6.94. The van der Waals surface area contributed by atoms with Gasteiger partial charge in [0.05, 0.1) is 18.8 Å². The highest BCUT2D eigenvalue weighted by Crippen LogP contribution is 2.42. The molecule has 9 heteroatoms. The van der Waals surface area contributed by atoms with Gasteiger partial charge in [0, 0.05) is 68.7 Å². The zero-order valence-electron chi connectivity index (χ0n) is 25.0. The van der Waals surface area contributed by atoms with Crippen molar-refractivity contribution in [1.29, 1.82) is 0 Å². The van der Waals surface area contributed by atoms with Crippen LogP contribution in [0.3, 0.4) is 0 Å². The van der Waals surface area contributed by atoms with E-state index in [9.17, 15) is 9.90 Å². The summed E-state index contributed by atoms with van der Waals surface area (Å²) in [5, 5.41) is 12.5. The quantitative estimate of drug-likeness (QED) is 0.293. The third kappa shape index (κ3) is 7.14. The fraction of sp³-hybridized carbons (Fsp3) is 0.343. The molecular formula is C35H39N5O4. The van der Waals surface area contributed by atoms with E-state index in [1.54, 1.807) is 24.5 Å². The molecule has 0 bridgehead atoms. The third-order valence-electron chi connectivity index (χ3n) is 8.51. The van der Waals surface area contributed by atoms with E-state index >= 15 is 0 Å². The summed E-state index contributed by atoms with van der Waals surface area (Å²) in [6.07, 6.45) is 2.81. The van der Waals surface area contributed by atoms with Gasteiger partial charge in [0.15, 0.2) is 6.29 Å². The largest absolute Gasteiger partial charge is 0.392 e. The zero-order chi connectivity index (χ0) is 30.3. The van der Waals surface area contributed by atoms with Crippen LogP contribution in [0, 0.1) is 5.92 Å². The lowest BCUT2D eigenvalue weighted by atomic mass is 9.90. The number of hydrogen-bond acceptors (Lipinski definition) is 8. The Morgan fingerprint density at radius 2 is 1.50 bits per heavy atom. The van der Waals surface area contributed by atoms with Crippen LogP contribution >= 0.6 is 0 Å². The molecule has 6 rings (SSSR count). The maximum atomic E-state index is 12.5. The number of amides is 1. The summed E-state index contributed by atoms with van der Waals surface area (Å²) in [7, 11) is 0. The number of rotatable bonds is 9. The van der Waals surface area contributed by atoms with Crippen LogP contribution in [-0.2, 0) is 22.6 Å². The average molecular weight is 594 g/mol. The molecule has 2 aliphatic heterocycles. The fourth-order valence-electron chi connectivity index (χ4n) is 5.83. The third-order valence-corrected chi connectivity index (χ3v) is 8.51. The molecule has 4 atom stereocenters. The molecule has 0 saturated carbocycles. The second-order valence-electron chi connectivity index (χ2n) is 11.4. The minimum atomic E-state index is -0.536. The Morgan fingerprint density at radius 1 is 0.841 bits per heavy atom. The maximum Gasteiger partial charge on any atom is 0.251 e. The molecular weight excluding hydrogens is 554 g/mol. The van der Waals surface area contributed by atoms with E-state index < -0.39 is 6.29 Å². The molecule has 1 aromatic heterocycles. The Bertz CT molecular complexity index is 1480. The van der Waals surface area contributed by atoms with E-state index in [0.29, 0.717) is 12.1 Å². The second kappa shape index (κ2) is 14.1. The minimum Gasteiger partial charge on any atom is -0.392 e. The SMILES string of the molecule is C[C@@H]1[C@H](CN2CCN(c3ncccn3)CC2)O[C@H](c2ccc(CNC(=O)c3ccccc3)cc2)O[C@@H]1c1ccc(CO)cc1. The van der Waals surface area contributed by atoms with Gasteiger partial charge in [0.25, 0.3) is 5.91 Å². The fourth-order valence-corrected chi connectivity index (χ4v) is 5.83. The number of ether oxygens (including phenoxy) is 2. The molecule has 4 aromatic rings. The number of carbonyl (C=O) groups excluding carboxylic acids is 1. The molecule has 2 N–H and O–H groups in total. The summed E-state index contributed by atoms with van der Waals surface area (Å²) in [6, 6.07) is 27.1. The van der Waals surface area contributed by atoms with Gasteiger partial charge < -0.3 is 24.8 Å². The van der Waals surface area contributed by atoms with Crippen LogP contribution in [0.5, 0.6) is 0 Å². The highest BCUT2D eigenvalue weighted by Gasteiger charge is 2.39. The lowest BCUT2D eigenvalue weighted by Gasteiger charge is -2.44. The number of nitrogens with one attached hydrogen (secondary N) is 1. The molecule has 0 radical (unpaired) electrons. The number of carbonyl (C=O) groups is 1. The van der Waals surface area contributed by atoms with E-state index in [-0.39, 0.29) is 30.6 Å². The van der Waals surface area contributed by atoms with Crippen molar-refractivity contribution in [1.82, 2.24) is 20.2 Å². The number of aromatic nitrogens is 2. The Hall–Kier alpha value is -4.15. The first-order valence-corrected chi connectivity index (χ1v) is 15.2. The number of piperazine rings is 1. The van der Waals surface area contributed by atoms with Crippen LogP contribution in [0.1, 0.15) is 51.9 Å². The molecule has 0 spiro atoms. The first kappa shape index (κ1) is 29.9. The summed E-state index contributed by atoms with van der Waals surface area (Å²) in [4.78, 5) is 26.0. The van der Waals surface area contributed by atoms with Gasteiger partial charge in [0.1, 0.15) is 0 Å². The van der Waals surface area contributed by atoms with E-state index in [2.05, 4.69) is 32.0 Å². The monoisotopic (exact) mass is 593 g/mol. The Morgan fingerprint density at radius 3 is 2.18 bits per heavy atom.